The number of H-pyrrole nitrogens is 1. The lowest BCUT2D eigenvalue weighted by Crippen LogP contribution is -2.59. The first-order valence-corrected chi connectivity index (χ1v) is 10.5. The molecule has 2 rings (SSSR count). The van der Waals surface area contributed by atoms with Crippen LogP contribution >= 0.6 is 0 Å². The van der Waals surface area contributed by atoms with Crippen molar-refractivity contribution < 1.29 is 32.7 Å². The van der Waals surface area contributed by atoms with E-state index in [0.29, 0.717) is 6.42 Å². The number of carbonyl (C=O) groups excluding carboxylic acids is 3. The van der Waals surface area contributed by atoms with Crippen molar-refractivity contribution >= 4 is 17.7 Å². The van der Waals surface area contributed by atoms with E-state index in [4.69, 9.17) is 0 Å². The number of carbonyl (C=O) groups is 3. The van der Waals surface area contributed by atoms with Crippen LogP contribution in [0, 0.1) is 11.8 Å². The van der Waals surface area contributed by atoms with Gasteiger partial charge in [0, 0.05) is 6.54 Å². The molecule has 0 spiro atoms. The number of nitrogens with one attached hydrogen (secondary N) is 3. The monoisotopic (exact) mass is 461 g/mol. The molecule has 1 aliphatic rings. The topological polar surface area (TPSA) is 127 Å². The third kappa shape index (κ3) is 5.99. The average Bonchev–Trinajstić information content (AvgIpc) is 3.39. The van der Waals surface area contributed by atoms with Gasteiger partial charge in [-0.15, -0.1) is 0 Å². The van der Waals surface area contributed by atoms with Crippen LogP contribution in [-0.2, 0) is 9.59 Å². The smallest absolute Gasteiger partial charge is 0.382 e. The van der Waals surface area contributed by atoms with Gasteiger partial charge in [-0.3, -0.25) is 14.4 Å². The average molecular weight is 461 g/mol. The van der Waals surface area contributed by atoms with Crippen LogP contribution in [0.3, 0.4) is 0 Å². The van der Waals surface area contributed by atoms with Gasteiger partial charge in [0.1, 0.15) is 17.8 Å². The van der Waals surface area contributed by atoms with Crippen LogP contribution in [0.5, 0.6) is 0 Å². The molecular formula is C20H30F3N5O4. The zero-order valence-corrected chi connectivity index (χ0v) is 18.4. The number of likely N-dealkylation sites (tertiary alicyclic amines) is 1. The summed E-state index contributed by atoms with van der Waals surface area (Å²) in [6.07, 6.45) is -4.24. The van der Waals surface area contributed by atoms with E-state index in [1.807, 2.05) is 0 Å². The molecule has 2 unspecified atom stereocenters. The maximum absolute atomic E-state index is 13.2. The van der Waals surface area contributed by atoms with E-state index in [0.717, 1.165) is 0 Å². The fourth-order valence-electron chi connectivity index (χ4n) is 3.67. The minimum atomic E-state index is -4.90. The molecule has 0 bridgehead atoms. The van der Waals surface area contributed by atoms with E-state index in [1.165, 1.54) is 31.3 Å². The molecule has 0 saturated carbocycles. The van der Waals surface area contributed by atoms with Crippen LogP contribution in [0.2, 0.25) is 0 Å². The quantitative estimate of drug-likeness (QED) is 0.463. The highest BCUT2D eigenvalue weighted by atomic mass is 19.4. The Morgan fingerprint density at radius 1 is 1.19 bits per heavy atom. The Morgan fingerprint density at radius 3 is 2.34 bits per heavy atom. The zero-order valence-electron chi connectivity index (χ0n) is 18.4. The molecule has 3 amide bonds. The second-order valence-electron chi connectivity index (χ2n) is 8.61. The third-order valence-electron chi connectivity index (χ3n) is 5.50. The molecule has 0 radical (unpaired) electrons. The number of alkyl halides is 3. The Labute approximate surface area is 184 Å². The molecule has 1 aliphatic heterocycles. The first-order chi connectivity index (χ1) is 14.8. The normalized spacial score (nSPS) is 19.7. The molecule has 4 atom stereocenters. The number of aromatic nitrogens is 2. The molecule has 180 valence electrons. The van der Waals surface area contributed by atoms with Gasteiger partial charge in [0.25, 0.3) is 5.91 Å². The number of imidazole rings is 1. The molecule has 1 aromatic rings. The summed E-state index contributed by atoms with van der Waals surface area (Å²) in [4.78, 5) is 46.1. The van der Waals surface area contributed by atoms with Crippen LogP contribution < -0.4 is 10.6 Å². The van der Waals surface area contributed by atoms with Gasteiger partial charge in [0.15, 0.2) is 6.10 Å². The van der Waals surface area contributed by atoms with Crippen molar-refractivity contribution in [2.24, 2.45) is 11.8 Å². The highest BCUT2D eigenvalue weighted by Gasteiger charge is 2.46. The summed E-state index contributed by atoms with van der Waals surface area (Å²) in [5.41, 5.74) is 0.167. The molecule has 12 heteroatoms. The number of halogens is 3. The van der Waals surface area contributed by atoms with Gasteiger partial charge >= 0.3 is 6.18 Å². The van der Waals surface area contributed by atoms with Gasteiger partial charge in [-0.05, 0) is 24.7 Å². The minimum Gasteiger partial charge on any atom is -0.382 e. The molecule has 32 heavy (non-hydrogen) atoms. The lowest BCUT2D eigenvalue weighted by Gasteiger charge is -2.33. The Hall–Kier alpha value is -2.63. The Morgan fingerprint density at radius 2 is 1.84 bits per heavy atom. The van der Waals surface area contributed by atoms with Gasteiger partial charge in [-0.2, -0.15) is 13.2 Å². The number of aliphatic hydroxyl groups excluding tert-OH is 1. The van der Waals surface area contributed by atoms with E-state index >= 15 is 0 Å². The lowest BCUT2D eigenvalue weighted by atomic mass is 9.97. The summed E-state index contributed by atoms with van der Waals surface area (Å²) >= 11 is 0. The van der Waals surface area contributed by atoms with Crippen LogP contribution in [-0.4, -0.2) is 74.6 Å². The summed E-state index contributed by atoms with van der Waals surface area (Å²) in [6.45, 7) is 6.60. The van der Waals surface area contributed by atoms with Crippen molar-refractivity contribution in [2.75, 3.05) is 6.54 Å². The van der Waals surface area contributed by atoms with Gasteiger partial charge < -0.3 is 25.6 Å². The number of rotatable bonds is 8. The predicted octanol–water partition coefficient (Wildman–Crippen LogP) is 1.22. The largest absolute Gasteiger partial charge is 0.416 e. The minimum absolute atomic E-state index is 0.167. The molecule has 1 aromatic heterocycles. The van der Waals surface area contributed by atoms with E-state index in [2.05, 4.69) is 20.6 Å². The SMILES string of the molecule is CC(C)C(NC(=O)[C@@H]1CCCN1C(=O)[C@@H](NC(=O)c1cnc[nH]1)C(C)C)C(O)C(F)(F)F. The number of aliphatic hydroxyl groups is 1. The maximum Gasteiger partial charge on any atom is 0.416 e. The molecule has 0 aliphatic carbocycles. The lowest BCUT2D eigenvalue weighted by molar-refractivity contribution is -0.215. The van der Waals surface area contributed by atoms with E-state index in [-0.39, 0.29) is 24.6 Å². The third-order valence-corrected chi connectivity index (χ3v) is 5.50. The maximum atomic E-state index is 13.2. The van der Waals surface area contributed by atoms with Crippen LogP contribution in [0.4, 0.5) is 13.2 Å². The standard InChI is InChI=1S/C20H30F3N5O4/c1-10(2)14(16(29)20(21,22)23)26-18(31)13-6-5-7-28(13)19(32)15(11(3)4)27-17(30)12-8-24-9-25-12/h8-11,13-16,29H,5-7H2,1-4H3,(H,24,25)(H,26,31)(H,27,30)/t13-,14?,15-,16?/m0/s1. The van der Waals surface area contributed by atoms with Crippen molar-refractivity contribution in [2.45, 2.75) is 70.9 Å². The molecule has 4 N–H and O–H groups in total. The van der Waals surface area contributed by atoms with Crippen LogP contribution in [0.15, 0.2) is 12.5 Å². The molecule has 1 saturated heterocycles. The van der Waals surface area contributed by atoms with Gasteiger partial charge in [0.2, 0.25) is 11.8 Å². The summed E-state index contributed by atoms with van der Waals surface area (Å²) in [5.74, 6) is -2.81. The van der Waals surface area contributed by atoms with Crippen molar-refractivity contribution in [3.05, 3.63) is 18.2 Å². The first-order valence-electron chi connectivity index (χ1n) is 10.5. The van der Waals surface area contributed by atoms with Gasteiger partial charge in [-0.25, -0.2) is 4.98 Å². The van der Waals surface area contributed by atoms with Crippen LogP contribution in [0.1, 0.15) is 51.0 Å². The number of aromatic amines is 1. The molecule has 1 fully saturated rings. The first kappa shape index (κ1) is 25.6. The van der Waals surface area contributed by atoms with Crippen molar-refractivity contribution in [3.63, 3.8) is 0 Å². The van der Waals surface area contributed by atoms with E-state index < -0.39 is 54.0 Å². The molecule has 0 aromatic carbocycles. The second-order valence-corrected chi connectivity index (χ2v) is 8.61. The highest BCUT2D eigenvalue weighted by Crippen LogP contribution is 2.27. The predicted molar refractivity (Wildman–Crippen MR) is 108 cm³/mol. The zero-order chi connectivity index (χ0) is 24.2. The fourth-order valence-corrected chi connectivity index (χ4v) is 3.67. The van der Waals surface area contributed by atoms with E-state index in [9.17, 15) is 32.7 Å². The van der Waals surface area contributed by atoms with Crippen molar-refractivity contribution in [1.29, 1.82) is 0 Å². The summed E-state index contributed by atoms with van der Waals surface area (Å²) in [5, 5.41) is 14.6. The molecule has 9 nitrogen and oxygen atoms in total. The number of nitrogens with zero attached hydrogens (tertiary/aromatic N) is 2. The fraction of sp³-hybridized carbons (Fsp3) is 0.700. The van der Waals surface area contributed by atoms with Crippen molar-refractivity contribution in [3.8, 4) is 0 Å². The van der Waals surface area contributed by atoms with Gasteiger partial charge in [-0.1, -0.05) is 27.7 Å². The summed E-state index contributed by atoms with van der Waals surface area (Å²) in [6, 6.07) is -3.49. The Bertz CT molecular complexity index is 798. The second kappa shape index (κ2) is 10.3. The molecular weight excluding hydrogens is 431 g/mol. The Balaban J connectivity index is 2.15. The Kier molecular flexibility index (Phi) is 8.27. The summed E-state index contributed by atoms with van der Waals surface area (Å²) in [7, 11) is 0. The number of amides is 3. The van der Waals surface area contributed by atoms with Crippen molar-refractivity contribution in [1.82, 2.24) is 25.5 Å². The summed E-state index contributed by atoms with van der Waals surface area (Å²) < 4.78 is 39.0. The highest BCUT2D eigenvalue weighted by molar-refractivity contribution is 5.97. The number of hydrogen-bond acceptors (Lipinski definition) is 5. The van der Waals surface area contributed by atoms with E-state index in [1.54, 1.807) is 13.8 Å². The van der Waals surface area contributed by atoms with Crippen LogP contribution in [0.25, 0.3) is 0 Å². The number of hydrogen-bond donors (Lipinski definition) is 4. The molecule has 2 heterocycles. The van der Waals surface area contributed by atoms with Gasteiger partial charge in [0.05, 0.1) is 18.6 Å².